The lowest BCUT2D eigenvalue weighted by molar-refractivity contribution is 0.0712. The van der Waals surface area contributed by atoms with Crippen molar-refractivity contribution in [2.75, 3.05) is 31.6 Å². The quantitative estimate of drug-likeness (QED) is 0.851. The van der Waals surface area contributed by atoms with Gasteiger partial charge < -0.3 is 24.7 Å². The molecule has 7 heteroatoms. The first-order valence-electron chi connectivity index (χ1n) is 9.67. The Kier molecular flexibility index (Phi) is 4.98. The Morgan fingerprint density at radius 3 is 2.75 bits per heavy atom. The Balaban J connectivity index is 1.47. The van der Waals surface area contributed by atoms with Crippen molar-refractivity contribution in [3.8, 4) is 11.5 Å². The van der Waals surface area contributed by atoms with Gasteiger partial charge in [0.1, 0.15) is 18.8 Å². The first kappa shape index (κ1) is 18.4. The topological polar surface area (TPSA) is 83.7 Å². The molecule has 2 aliphatic rings. The monoisotopic (exact) mass is 383 g/mol. The predicted octanol–water partition coefficient (Wildman–Crippen LogP) is 2.48. The molecule has 1 aromatic carbocycles. The van der Waals surface area contributed by atoms with Crippen LogP contribution in [-0.2, 0) is 0 Å². The number of rotatable bonds is 3. The molecule has 2 aromatic rings. The van der Waals surface area contributed by atoms with Crippen LogP contribution in [0.1, 0.15) is 34.5 Å². The number of carbonyl (C=O) groups excluding carboxylic acids is 1. The van der Waals surface area contributed by atoms with Crippen LogP contribution in [0.25, 0.3) is 0 Å². The zero-order valence-electron chi connectivity index (χ0n) is 16.2. The highest BCUT2D eigenvalue weighted by atomic mass is 16.6. The van der Waals surface area contributed by atoms with Gasteiger partial charge in [-0.1, -0.05) is 0 Å². The van der Waals surface area contributed by atoms with Gasteiger partial charge >= 0.3 is 0 Å². The van der Waals surface area contributed by atoms with Gasteiger partial charge in [0.15, 0.2) is 11.5 Å². The van der Waals surface area contributed by atoms with Crippen LogP contribution in [0.3, 0.4) is 0 Å². The van der Waals surface area contributed by atoms with Crippen molar-refractivity contribution in [1.29, 1.82) is 0 Å². The van der Waals surface area contributed by atoms with E-state index in [0.717, 1.165) is 35.7 Å². The van der Waals surface area contributed by atoms with E-state index in [1.807, 2.05) is 38.1 Å². The number of piperidine rings is 1. The van der Waals surface area contributed by atoms with Crippen molar-refractivity contribution in [1.82, 2.24) is 9.88 Å². The minimum atomic E-state index is -0.315. The number of aromatic nitrogens is 1. The zero-order valence-corrected chi connectivity index (χ0v) is 16.2. The number of fused-ring (bicyclic) bond motifs is 1. The van der Waals surface area contributed by atoms with E-state index in [9.17, 15) is 9.59 Å². The number of H-pyrrole nitrogens is 1. The Morgan fingerprint density at radius 1 is 1.18 bits per heavy atom. The van der Waals surface area contributed by atoms with Crippen LogP contribution in [0.2, 0.25) is 0 Å². The first-order chi connectivity index (χ1) is 13.5. The van der Waals surface area contributed by atoms with E-state index in [-0.39, 0.29) is 23.1 Å². The second-order valence-electron chi connectivity index (χ2n) is 7.43. The maximum atomic E-state index is 13.0. The Morgan fingerprint density at radius 2 is 1.96 bits per heavy atom. The minimum absolute atomic E-state index is 0.116. The number of benzene rings is 1. The summed E-state index contributed by atoms with van der Waals surface area (Å²) in [5.74, 6) is 1.29. The molecule has 0 unspecified atom stereocenters. The summed E-state index contributed by atoms with van der Waals surface area (Å²) in [4.78, 5) is 29.8. The summed E-state index contributed by atoms with van der Waals surface area (Å²) in [5.41, 5.74) is 2.34. The fourth-order valence-corrected chi connectivity index (χ4v) is 3.93. The van der Waals surface area contributed by atoms with Gasteiger partial charge in [0.05, 0.1) is 0 Å². The number of pyridine rings is 1. The van der Waals surface area contributed by atoms with Crippen LogP contribution < -0.4 is 20.3 Å². The average molecular weight is 383 g/mol. The smallest absolute Gasteiger partial charge is 0.261 e. The Bertz CT molecular complexity index is 953. The Labute approximate surface area is 163 Å². The highest BCUT2D eigenvalue weighted by molar-refractivity contribution is 5.95. The predicted molar refractivity (Wildman–Crippen MR) is 107 cm³/mol. The molecular weight excluding hydrogens is 358 g/mol. The molecule has 1 amide bonds. The van der Waals surface area contributed by atoms with Gasteiger partial charge in [0.2, 0.25) is 0 Å². The van der Waals surface area contributed by atoms with E-state index in [1.54, 1.807) is 4.90 Å². The highest BCUT2D eigenvalue weighted by Gasteiger charge is 2.27. The average Bonchev–Trinajstić information content (AvgIpc) is 2.67. The number of hydrogen-bond acceptors (Lipinski definition) is 5. The molecule has 28 heavy (non-hydrogen) atoms. The van der Waals surface area contributed by atoms with Crippen molar-refractivity contribution >= 4 is 11.6 Å². The fourth-order valence-electron chi connectivity index (χ4n) is 3.93. The van der Waals surface area contributed by atoms with Gasteiger partial charge in [0, 0.05) is 36.6 Å². The molecule has 3 heterocycles. The Hall–Kier alpha value is -2.96. The maximum absolute atomic E-state index is 13.0. The van der Waals surface area contributed by atoms with Crippen LogP contribution in [0.4, 0.5) is 5.69 Å². The fraction of sp³-hybridized carbons (Fsp3) is 0.429. The lowest BCUT2D eigenvalue weighted by Gasteiger charge is -2.34. The number of likely N-dealkylation sites (tertiary alicyclic amines) is 1. The number of anilines is 1. The third-order valence-corrected chi connectivity index (χ3v) is 5.20. The van der Waals surface area contributed by atoms with E-state index >= 15 is 0 Å². The largest absolute Gasteiger partial charge is 0.486 e. The van der Waals surface area contributed by atoms with Gasteiger partial charge in [-0.15, -0.1) is 0 Å². The second kappa shape index (κ2) is 7.58. The molecule has 0 bridgehead atoms. The molecule has 0 saturated carbocycles. The number of nitrogens with one attached hydrogen (secondary N) is 2. The molecule has 1 atom stereocenters. The van der Waals surface area contributed by atoms with Crippen LogP contribution in [0.5, 0.6) is 11.5 Å². The molecule has 148 valence electrons. The molecule has 0 aliphatic carbocycles. The summed E-state index contributed by atoms with van der Waals surface area (Å²) in [6, 6.07) is 7.75. The van der Waals surface area contributed by atoms with Crippen molar-refractivity contribution in [2.24, 2.45) is 0 Å². The third-order valence-electron chi connectivity index (χ3n) is 5.20. The highest BCUT2D eigenvalue weighted by Crippen LogP contribution is 2.33. The number of amides is 1. The third kappa shape index (κ3) is 3.69. The maximum Gasteiger partial charge on any atom is 0.261 e. The lowest BCUT2D eigenvalue weighted by Crippen LogP contribution is -2.46. The van der Waals surface area contributed by atoms with Crippen molar-refractivity contribution in [3.05, 3.63) is 51.4 Å². The molecule has 4 rings (SSSR count). The van der Waals surface area contributed by atoms with E-state index in [1.165, 1.54) is 0 Å². The van der Waals surface area contributed by atoms with E-state index in [4.69, 9.17) is 9.47 Å². The molecule has 1 saturated heterocycles. The van der Waals surface area contributed by atoms with Crippen LogP contribution in [-0.4, -0.2) is 48.1 Å². The zero-order chi connectivity index (χ0) is 19.7. The van der Waals surface area contributed by atoms with Crippen molar-refractivity contribution in [2.45, 2.75) is 32.7 Å². The van der Waals surface area contributed by atoms with Crippen molar-refractivity contribution in [3.63, 3.8) is 0 Å². The number of carbonyl (C=O) groups is 1. The van der Waals surface area contributed by atoms with Gasteiger partial charge in [0.25, 0.3) is 11.5 Å². The molecule has 0 spiro atoms. The number of aryl methyl sites for hydroxylation is 2. The van der Waals surface area contributed by atoms with Gasteiger partial charge in [-0.05, 0) is 50.5 Å². The molecule has 2 N–H and O–H groups in total. The number of ether oxygens (including phenoxy) is 2. The van der Waals surface area contributed by atoms with Crippen LogP contribution in [0.15, 0.2) is 29.1 Å². The number of hydrogen-bond donors (Lipinski definition) is 2. The second-order valence-corrected chi connectivity index (χ2v) is 7.43. The number of nitrogens with zero attached hydrogens (tertiary/aromatic N) is 1. The minimum Gasteiger partial charge on any atom is -0.486 e. The first-order valence-corrected chi connectivity index (χ1v) is 9.67. The SMILES string of the molecule is Cc1cc(C)c(C(=O)N2CCC[C@@H](Nc3ccc4c(c3)OCCO4)C2)c(=O)[nH]1. The summed E-state index contributed by atoms with van der Waals surface area (Å²) in [6.07, 6.45) is 1.85. The van der Waals surface area contributed by atoms with Gasteiger partial charge in [-0.25, -0.2) is 0 Å². The summed E-state index contributed by atoms with van der Waals surface area (Å²) >= 11 is 0. The summed E-state index contributed by atoms with van der Waals surface area (Å²) < 4.78 is 11.2. The van der Waals surface area contributed by atoms with E-state index < -0.39 is 0 Å². The normalized spacial score (nSPS) is 18.6. The van der Waals surface area contributed by atoms with E-state index in [0.29, 0.717) is 31.9 Å². The molecule has 1 aromatic heterocycles. The van der Waals surface area contributed by atoms with Crippen LogP contribution in [0, 0.1) is 13.8 Å². The number of aromatic amines is 1. The van der Waals surface area contributed by atoms with Crippen molar-refractivity contribution < 1.29 is 14.3 Å². The molecular formula is C21H25N3O4. The lowest BCUT2D eigenvalue weighted by atomic mass is 10.0. The van der Waals surface area contributed by atoms with Crippen LogP contribution >= 0.6 is 0 Å². The summed E-state index contributed by atoms with van der Waals surface area (Å²) in [5, 5.41) is 3.49. The molecule has 7 nitrogen and oxygen atoms in total. The van der Waals surface area contributed by atoms with Gasteiger partial charge in [-0.3, -0.25) is 9.59 Å². The summed E-state index contributed by atoms with van der Waals surface area (Å²) in [7, 11) is 0. The molecule has 2 aliphatic heterocycles. The molecule has 1 fully saturated rings. The van der Waals surface area contributed by atoms with E-state index in [2.05, 4.69) is 10.3 Å². The summed E-state index contributed by atoms with van der Waals surface area (Å²) in [6.45, 7) is 5.95. The molecule has 0 radical (unpaired) electrons. The standard InChI is InChI=1S/C21H25N3O4/c1-13-10-14(2)22-20(25)19(13)21(26)24-7-3-4-16(12-24)23-15-5-6-17-18(11-15)28-9-8-27-17/h5-6,10-11,16,23H,3-4,7-9,12H2,1-2H3,(H,22,25)/t16-/m1/s1. The van der Waals surface area contributed by atoms with Gasteiger partial charge in [-0.2, -0.15) is 0 Å².